The van der Waals surface area contributed by atoms with Crippen molar-refractivity contribution in [2.24, 2.45) is 11.8 Å². The second-order valence-corrected chi connectivity index (χ2v) is 12.1. The predicted molar refractivity (Wildman–Crippen MR) is 85.4 cm³/mol. The highest BCUT2D eigenvalue weighted by atomic mass is 32.9. The van der Waals surface area contributed by atoms with Crippen molar-refractivity contribution in [3.8, 4) is 0 Å². The van der Waals surface area contributed by atoms with E-state index < -0.39 is 5.69 Å². The molecule has 0 spiro atoms. The van der Waals surface area contributed by atoms with Gasteiger partial charge >= 0.3 is 0 Å². The number of hydrogen-bond donors (Lipinski definition) is 1. The lowest BCUT2D eigenvalue weighted by atomic mass is 10.1. The van der Waals surface area contributed by atoms with Crippen LogP contribution in [0.4, 0.5) is 0 Å². The van der Waals surface area contributed by atoms with Crippen molar-refractivity contribution in [3.63, 3.8) is 0 Å². The van der Waals surface area contributed by atoms with E-state index in [1.165, 1.54) is 30.6 Å². The third kappa shape index (κ3) is 6.72. The van der Waals surface area contributed by atoms with Crippen LogP contribution in [0.15, 0.2) is 12.2 Å². The van der Waals surface area contributed by atoms with E-state index in [0.29, 0.717) is 5.25 Å². The molecule has 3 unspecified atom stereocenters. The predicted octanol–water partition coefficient (Wildman–Crippen LogP) is 4.74. The molecular weight excluding hydrogens is 283 g/mol. The summed E-state index contributed by atoms with van der Waals surface area (Å²) in [4.78, 5) is 9.52. The first-order chi connectivity index (χ1) is 8.28. The zero-order chi connectivity index (χ0) is 13.8. The fraction of sp³-hybridized carbons (Fsp3) is 0.846. The zero-order valence-electron chi connectivity index (χ0n) is 11.7. The number of fused-ring (bicyclic) bond motifs is 2. The Morgan fingerprint density at radius 3 is 1.94 bits per heavy atom. The van der Waals surface area contributed by atoms with E-state index in [1.54, 1.807) is 0 Å². The second-order valence-electron chi connectivity index (χ2n) is 5.49. The first-order valence-electron chi connectivity index (χ1n) is 6.66. The quantitative estimate of drug-likeness (QED) is 0.600. The second kappa shape index (κ2) is 7.44. The monoisotopic (exact) mass is 308 g/mol. The van der Waals surface area contributed by atoms with E-state index in [4.69, 9.17) is 16.3 Å². The van der Waals surface area contributed by atoms with Gasteiger partial charge in [-0.25, -0.2) is 0 Å². The molecule has 1 N–H and O–H groups in total. The fourth-order valence-corrected chi connectivity index (χ4v) is 7.72. The lowest BCUT2D eigenvalue weighted by Crippen LogP contribution is -1.99. The third-order valence-electron chi connectivity index (χ3n) is 2.86. The van der Waals surface area contributed by atoms with E-state index in [0.717, 1.165) is 11.8 Å². The molecule has 0 radical (unpaired) electrons. The summed E-state index contributed by atoms with van der Waals surface area (Å²) in [5, 5.41) is 0.324. The lowest BCUT2D eigenvalue weighted by Gasteiger charge is -2.18. The average molecular weight is 308 g/mol. The molecule has 0 amide bonds. The molecule has 2 bridgehead atoms. The van der Waals surface area contributed by atoms with Crippen molar-refractivity contribution in [3.05, 3.63) is 12.2 Å². The first kappa shape index (κ1) is 16.7. The Labute approximate surface area is 120 Å². The van der Waals surface area contributed by atoms with E-state index in [2.05, 4.69) is 12.2 Å². The molecule has 1 saturated carbocycles. The molecule has 0 saturated heterocycles. The molecule has 0 aromatic rings. The summed E-state index contributed by atoms with van der Waals surface area (Å²) in [7, 11) is 0. The van der Waals surface area contributed by atoms with Crippen LogP contribution in [0.5, 0.6) is 0 Å². The topological polar surface area (TPSA) is 29.5 Å². The maximum absolute atomic E-state index is 9.52. The molecule has 2 rings (SSSR count). The smallest absolute Gasteiger partial charge is 0.245 e. The van der Waals surface area contributed by atoms with Gasteiger partial charge in [-0.05, 0) is 56.8 Å². The minimum Gasteiger partial charge on any atom is -0.337 e. The van der Waals surface area contributed by atoms with Crippen LogP contribution >= 0.6 is 17.1 Å². The van der Waals surface area contributed by atoms with Gasteiger partial charge in [0, 0.05) is 5.25 Å². The molecule has 5 heteroatoms. The minimum absolute atomic E-state index is 0.0112. The molecule has 3 atom stereocenters. The van der Waals surface area contributed by atoms with E-state index in [1.807, 2.05) is 27.7 Å². The van der Waals surface area contributed by atoms with Crippen LogP contribution in [0.3, 0.4) is 0 Å². The highest BCUT2D eigenvalue weighted by Crippen LogP contribution is 2.58. The van der Waals surface area contributed by atoms with E-state index >= 15 is 0 Å². The van der Waals surface area contributed by atoms with Crippen LogP contribution in [0.1, 0.15) is 47.0 Å². The maximum Gasteiger partial charge on any atom is 0.245 e. The van der Waals surface area contributed by atoms with E-state index in [9.17, 15) is 4.89 Å². The fourth-order valence-electron chi connectivity index (χ4n) is 2.27. The van der Waals surface area contributed by atoms with Gasteiger partial charge in [0.05, 0.1) is 6.10 Å². The maximum atomic E-state index is 9.52. The van der Waals surface area contributed by atoms with Gasteiger partial charge in [0.2, 0.25) is 5.69 Å². The van der Waals surface area contributed by atoms with Gasteiger partial charge in [0.25, 0.3) is 0 Å². The number of allylic oxidation sites excluding steroid dienone is 2. The largest absolute Gasteiger partial charge is 0.337 e. The summed E-state index contributed by atoms with van der Waals surface area (Å²) in [5.41, 5.74) is -2.55. The molecule has 2 aliphatic rings. The summed E-state index contributed by atoms with van der Waals surface area (Å²) in [5.74, 6) is 1.98. The first-order valence-corrected chi connectivity index (χ1v) is 10.8. The Kier molecular flexibility index (Phi) is 6.91. The van der Waals surface area contributed by atoms with Gasteiger partial charge in [-0.1, -0.05) is 37.4 Å². The van der Waals surface area contributed by atoms with Crippen molar-refractivity contribution in [1.82, 2.24) is 0 Å². The summed E-state index contributed by atoms with van der Waals surface area (Å²) in [6.07, 6.45) is 9.20. The van der Waals surface area contributed by atoms with Crippen molar-refractivity contribution < 1.29 is 9.42 Å². The van der Waals surface area contributed by atoms with Gasteiger partial charge in [-0.15, -0.1) is 0 Å². The Hall–Kier alpha value is 0.660. The van der Waals surface area contributed by atoms with Crippen LogP contribution < -0.4 is 0 Å². The Morgan fingerprint density at radius 2 is 1.72 bits per heavy atom. The molecular formula is C13H25O2PS2. The van der Waals surface area contributed by atoms with Gasteiger partial charge in [-0.3, -0.25) is 0 Å². The van der Waals surface area contributed by atoms with Crippen molar-refractivity contribution in [2.45, 2.75) is 58.3 Å². The van der Waals surface area contributed by atoms with Crippen LogP contribution in [0.25, 0.3) is 0 Å². The highest BCUT2D eigenvalue weighted by Gasteiger charge is 2.25. The molecule has 0 aromatic heterocycles. The summed E-state index contributed by atoms with van der Waals surface area (Å²) < 4.78 is 5.19. The molecule has 106 valence electrons. The highest BCUT2D eigenvalue weighted by molar-refractivity contribution is 8.67. The SMILES string of the molecule is C1=CC2CCC1C2.CC(C)OP(O)(=S)SC(C)C. The molecule has 1 fully saturated rings. The van der Waals surface area contributed by atoms with Crippen molar-refractivity contribution in [2.75, 3.05) is 0 Å². The summed E-state index contributed by atoms with van der Waals surface area (Å²) in [6.45, 7) is 7.73. The van der Waals surface area contributed by atoms with Gasteiger partial charge in [0.1, 0.15) is 0 Å². The Balaban J connectivity index is 0.000000194. The molecule has 0 aliphatic heterocycles. The van der Waals surface area contributed by atoms with Crippen LogP contribution in [-0.4, -0.2) is 16.2 Å². The molecule has 0 heterocycles. The van der Waals surface area contributed by atoms with Crippen LogP contribution in [0.2, 0.25) is 0 Å². The van der Waals surface area contributed by atoms with Gasteiger partial charge in [-0.2, -0.15) is 0 Å². The van der Waals surface area contributed by atoms with Crippen LogP contribution in [0, 0.1) is 11.8 Å². The minimum atomic E-state index is -2.55. The van der Waals surface area contributed by atoms with Crippen molar-refractivity contribution >= 4 is 28.9 Å². The normalized spacial score (nSPS) is 28.4. The summed E-state index contributed by atoms with van der Waals surface area (Å²) in [6, 6.07) is 0. The molecule has 2 nitrogen and oxygen atoms in total. The Morgan fingerprint density at radius 1 is 1.22 bits per heavy atom. The molecule has 18 heavy (non-hydrogen) atoms. The Bertz CT molecular complexity index is 303. The molecule has 2 aliphatic carbocycles. The number of rotatable bonds is 4. The lowest BCUT2D eigenvalue weighted by molar-refractivity contribution is 0.248. The van der Waals surface area contributed by atoms with Gasteiger partial charge < -0.3 is 9.42 Å². The van der Waals surface area contributed by atoms with Crippen LogP contribution in [-0.2, 0) is 16.3 Å². The van der Waals surface area contributed by atoms with E-state index in [-0.39, 0.29) is 6.10 Å². The number of hydrogen-bond acceptors (Lipinski definition) is 3. The van der Waals surface area contributed by atoms with Gasteiger partial charge in [0.15, 0.2) is 0 Å². The zero-order valence-corrected chi connectivity index (χ0v) is 14.2. The summed E-state index contributed by atoms with van der Waals surface area (Å²) >= 11 is 6.25. The standard InChI is InChI=1S/C7H10.C6H15O2PS2/c1-2-7-4-3-6(1)5-7;1-5(2)8-9(7,10)11-6(3)4/h1-2,6-7H,3-5H2;5-6H,1-4H3,(H,7,10). The molecule has 0 aromatic carbocycles. The van der Waals surface area contributed by atoms with Crippen molar-refractivity contribution in [1.29, 1.82) is 0 Å². The average Bonchev–Trinajstić information content (AvgIpc) is 2.76. The third-order valence-corrected chi connectivity index (χ3v) is 7.59.